The topological polar surface area (TPSA) is 121 Å². The number of nitrogens with two attached hydrogens (primary N) is 1. The van der Waals surface area contributed by atoms with Gasteiger partial charge in [0.25, 0.3) is 18.2 Å². The predicted molar refractivity (Wildman–Crippen MR) is 138 cm³/mol. The van der Waals surface area contributed by atoms with E-state index in [1.807, 2.05) is 24.3 Å². The molecule has 0 aliphatic carbocycles. The Morgan fingerprint density at radius 1 is 1.16 bits per heavy atom. The number of aryl methyl sites for hydroxylation is 1. The number of hydrogen-bond donors (Lipinski definition) is 2. The summed E-state index contributed by atoms with van der Waals surface area (Å²) in [5, 5.41) is 2.90. The van der Waals surface area contributed by atoms with Gasteiger partial charge in [0.1, 0.15) is 39.3 Å². The van der Waals surface area contributed by atoms with Crippen molar-refractivity contribution in [3.05, 3.63) is 88.5 Å². The fraction of sp³-hybridized carbons (Fsp3) is 0.148. The van der Waals surface area contributed by atoms with E-state index in [9.17, 15) is 18.4 Å². The zero-order valence-corrected chi connectivity index (χ0v) is 20.8. The van der Waals surface area contributed by atoms with Crippen molar-refractivity contribution < 1.29 is 31.9 Å². The summed E-state index contributed by atoms with van der Waals surface area (Å²) in [5.74, 6) is -0.255. The minimum atomic E-state index is -2.86. The Morgan fingerprint density at radius 3 is 2.61 bits per heavy atom. The van der Waals surface area contributed by atoms with E-state index in [0.717, 1.165) is 23.8 Å². The van der Waals surface area contributed by atoms with Crippen molar-refractivity contribution in [1.82, 2.24) is 4.98 Å². The van der Waals surface area contributed by atoms with Gasteiger partial charge in [-0.1, -0.05) is 19.1 Å². The Labute approximate surface area is 219 Å². The lowest BCUT2D eigenvalue weighted by Gasteiger charge is -2.09. The van der Waals surface area contributed by atoms with Gasteiger partial charge in [0.2, 0.25) is 0 Å². The minimum Gasteiger partial charge on any atom is -0.486 e. The molecular formula is C27H21F2N3O5S. The van der Waals surface area contributed by atoms with Gasteiger partial charge in [-0.15, -0.1) is 11.3 Å². The molecule has 5 rings (SSSR count). The number of amides is 2. The third-order valence-electron chi connectivity index (χ3n) is 5.75. The number of thiophene rings is 1. The first-order valence-corrected chi connectivity index (χ1v) is 12.4. The standard InChI is InChI=1S/C27H21F2N3O5S/c1-2-14-5-7-15(8-6-14)36-13-16-9-10-20(37-16)26(34)32-22-21-17(19-4-3-11-35-19)12-18(24(28)29)31-27(21)38-23(22)25(30)33/h3-12,24H,2,13H2,1H3,(H2,30,33)(H,32,34). The Bertz CT molecular complexity index is 1610. The van der Waals surface area contributed by atoms with Gasteiger partial charge in [-0.2, -0.15) is 0 Å². The minimum absolute atomic E-state index is 0.0347. The summed E-state index contributed by atoms with van der Waals surface area (Å²) in [4.78, 5) is 29.4. The number of anilines is 1. The van der Waals surface area contributed by atoms with Crippen LogP contribution >= 0.6 is 11.3 Å². The summed E-state index contributed by atoms with van der Waals surface area (Å²) < 4.78 is 43.9. The highest BCUT2D eigenvalue weighted by molar-refractivity contribution is 7.21. The van der Waals surface area contributed by atoms with Gasteiger partial charge < -0.3 is 24.6 Å². The number of carbonyl (C=O) groups is 2. The number of alkyl halides is 2. The molecule has 0 aliphatic heterocycles. The summed E-state index contributed by atoms with van der Waals surface area (Å²) in [6.07, 6.45) is -0.563. The summed E-state index contributed by atoms with van der Waals surface area (Å²) in [6.45, 7) is 2.15. The number of benzene rings is 1. The molecule has 0 saturated carbocycles. The quantitative estimate of drug-likeness (QED) is 0.219. The lowest BCUT2D eigenvalue weighted by Crippen LogP contribution is -2.16. The molecule has 0 bridgehead atoms. The normalized spacial score (nSPS) is 11.3. The molecule has 0 aliphatic rings. The van der Waals surface area contributed by atoms with Crippen LogP contribution in [0.5, 0.6) is 5.75 Å². The van der Waals surface area contributed by atoms with Crippen LogP contribution in [0.1, 0.15) is 50.6 Å². The number of furan rings is 2. The van der Waals surface area contributed by atoms with Gasteiger partial charge in [0.05, 0.1) is 12.0 Å². The monoisotopic (exact) mass is 537 g/mol. The van der Waals surface area contributed by atoms with Crippen molar-refractivity contribution in [3.63, 3.8) is 0 Å². The summed E-state index contributed by atoms with van der Waals surface area (Å²) in [6, 6.07) is 15.0. The van der Waals surface area contributed by atoms with Crippen molar-refractivity contribution in [1.29, 1.82) is 0 Å². The molecule has 5 aromatic rings. The van der Waals surface area contributed by atoms with E-state index in [1.165, 1.54) is 17.9 Å². The average molecular weight is 538 g/mol. The molecule has 4 heterocycles. The maximum absolute atomic E-state index is 13.5. The van der Waals surface area contributed by atoms with Crippen LogP contribution in [-0.2, 0) is 13.0 Å². The molecule has 2 amide bonds. The molecule has 3 N–H and O–H groups in total. The van der Waals surface area contributed by atoms with Crippen LogP contribution in [0.3, 0.4) is 0 Å². The summed E-state index contributed by atoms with van der Waals surface area (Å²) in [5.41, 5.74) is 6.51. The van der Waals surface area contributed by atoms with Crippen LogP contribution < -0.4 is 15.8 Å². The Morgan fingerprint density at radius 2 is 1.95 bits per heavy atom. The van der Waals surface area contributed by atoms with Gasteiger partial charge >= 0.3 is 0 Å². The molecule has 0 saturated heterocycles. The first kappa shape index (κ1) is 25.2. The first-order valence-electron chi connectivity index (χ1n) is 11.5. The number of hydrogen-bond acceptors (Lipinski definition) is 7. The number of nitrogens with zero attached hydrogens (tertiary/aromatic N) is 1. The zero-order chi connectivity index (χ0) is 26.8. The number of primary amides is 1. The van der Waals surface area contributed by atoms with Gasteiger partial charge in [-0.25, -0.2) is 13.8 Å². The molecule has 194 valence electrons. The molecule has 1 aromatic carbocycles. The van der Waals surface area contributed by atoms with Crippen LogP contribution in [0.25, 0.3) is 21.5 Å². The molecule has 0 fully saturated rings. The molecule has 8 nitrogen and oxygen atoms in total. The Hall–Kier alpha value is -4.51. The van der Waals surface area contributed by atoms with Gasteiger partial charge in [-0.3, -0.25) is 9.59 Å². The molecule has 0 radical (unpaired) electrons. The number of nitrogens with one attached hydrogen (secondary N) is 1. The predicted octanol–water partition coefficient (Wildman–Crippen LogP) is 6.58. The SMILES string of the molecule is CCc1ccc(OCc2ccc(C(=O)Nc3c(C(N)=O)sc4nc(C(F)F)cc(-c5ccco5)c34)o2)cc1. The Kier molecular flexibility index (Phi) is 6.93. The van der Waals surface area contributed by atoms with Gasteiger partial charge in [-0.05, 0) is 54.4 Å². The third-order valence-corrected chi connectivity index (χ3v) is 6.85. The van der Waals surface area contributed by atoms with Crippen LogP contribution in [-0.4, -0.2) is 16.8 Å². The second kappa shape index (κ2) is 10.5. The van der Waals surface area contributed by atoms with E-state index >= 15 is 0 Å². The van der Waals surface area contributed by atoms with Crippen LogP contribution in [0.4, 0.5) is 14.5 Å². The maximum atomic E-state index is 13.5. The molecule has 38 heavy (non-hydrogen) atoms. The Balaban J connectivity index is 1.44. The number of carbonyl (C=O) groups excluding carboxylic acids is 2. The van der Waals surface area contributed by atoms with E-state index < -0.39 is 23.9 Å². The number of rotatable bonds is 9. The fourth-order valence-corrected chi connectivity index (χ4v) is 4.89. The van der Waals surface area contributed by atoms with E-state index in [4.69, 9.17) is 19.3 Å². The van der Waals surface area contributed by atoms with Crippen LogP contribution in [0.15, 0.2) is 69.7 Å². The van der Waals surface area contributed by atoms with E-state index in [1.54, 1.807) is 18.2 Å². The molecule has 0 atom stereocenters. The molecule has 4 aromatic heterocycles. The van der Waals surface area contributed by atoms with Crippen molar-refractivity contribution >= 4 is 39.1 Å². The lowest BCUT2D eigenvalue weighted by atomic mass is 10.1. The molecule has 0 spiro atoms. The number of halogens is 2. The van der Waals surface area contributed by atoms with Gasteiger partial charge in [0, 0.05) is 10.9 Å². The zero-order valence-electron chi connectivity index (χ0n) is 20.0. The summed E-state index contributed by atoms with van der Waals surface area (Å²) in [7, 11) is 0. The lowest BCUT2D eigenvalue weighted by molar-refractivity contribution is 0.0992. The largest absolute Gasteiger partial charge is 0.486 e. The molecular weight excluding hydrogens is 516 g/mol. The maximum Gasteiger partial charge on any atom is 0.291 e. The average Bonchev–Trinajstić information content (AvgIpc) is 3.68. The number of pyridine rings is 1. The highest BCUT2D eigenvalue weighted by atomic mass is 32.1. The van der Waals surface area contributed by atoms with Gasteiger partial charge in [0.15, 0.2) is 5.76 Å². The molecule has 11 heteroatoms. The second-order valence-corrected chi connectivity index (χ2v) is 9.23. The third kappa shape index (κ3) is 5.00. The van der Waals surface area contributed by atoms with Crippen molar-refractivity contribution in [2.75, 3.05) is 5.32 Å². The number of ether oxygens (including phenoxy) is 1. The van der Waals surface area contributed by atoms with Crippen molar-refractivity contribution in [2.45, 2.75) is 26.4 Å². The molecule has 0 unspecified atom stereocenters. The van der Waals surface area contributed by atoms with E-state index in [-0.39, 0.29) is 44.5 Å². The highest BCUT2D eigenvalue weighted by Gasteiger charge is 2.26. The fourth-order valence-electron chi connectivity index (χ4n) is 3.88. The van der Waals surface area contributed by atoms with Crippen molar-refractivity contribution in [2.24, 2.45) is 5.73 Å². The van der Waals surface area contributed by atoms with Crippen LogP contribution in [0.2, 0.25) is 0 Å². The first-order chi connectivity index (χ1) is 18.3. The van der Waals surface area contributed by atoms with Crippen LogP contribution in [0, 0.1) is 0 Å². The highest BCUT2D eigenvalue weighted by Crippen LogP contribution is 2.42. The van der Waals surface area contributed by atoms with Crippen molar-refractivity contribution in [3.8, 4) is 17.1 Å². The smallest absolute Gasteiger partial charge is 0.291 e. The summed E-state index contributed by atoms with van der Waals surface area (Å²) >= 11 is 0.800. The van der Waals surface area contributed by atoms with E-state index in [2.05, 4.69) is 17.2 Å². The second-order valence-electron chi connectivity index (χ2n) is 8.23. The van der Waals surface area contributed by atoms with E-state index in [0.29, 0.717) is 11.5 Å². The number of fused-ring (bicyclic) bond motifs is 1. The number of aromatic nitrogens is 1.